The van der Waals surface area contributed by atoms with Gasteiger partial charge in [-0.2, -0.15) is 0 Å². The average Bonchev–Trinajstić information content (AvgIpc) is 2.81. The molecule has 0 amide bonds. The minimum absolute atomic E-state index is 0.0564. The molecule has 0 radical (unpaired) electrons. The van der Waals surface area contributed by atoms with Gasteiger partial charge in [0.15, 0.2) is 0 Å². The molecule has 2 aromatic rings. The Labute approximate surface area is 116 Å². The molecule has 1 N–H and O–H groups in total. The number of carboxylic acids is 1. The molecule has 0 bridgehead atoms. The third-order valence-electron chi connectivity index (χ3n) is 2.92. The van der Waals surface area contributed by atoms with E-state index in [0.717, 1.165) is 19.8 Å². The van der Waals surface area contributed by atoms with E-state index in [1.807, 2.05) is 24.3 Å². The van der Waals surface area contributed by atoms with E-state index in [9.17, 15) is 9.59 Å². The third kappa shape index (κ3) is 3.06. The van der Waals surface area contributed by atoms with Crippen LogP contribution in [0.4, 0.5) is 0 Å². The van der Waals surface area contributed by atoms with Crippen molar-refractivity contribution in [2.75, 3.05) is 7.11 Å². The van der Waals surface area contributed by atoms with E-state index in [-0.39, 0.29) is 26.7 Å². The van der Waals surface area contributed by atoms with E-state index >= 15 is 0 Å². The normalized spacial score (nSPS) is 12.3. The zero-order valence-corrected chi connectivity index (χ0v) is 12.4. The predicted molar refractivity (Wildman–Crippen MR) is 73.2 cm³/mol. The van der Waals surface area contributed by atoms with Gasteiger partial charge in [0.2, 0.25) is 0 Å². The first-order chi connectivity index (χ1) is 9.01. The van der Waals surface area contributed by atoms with Crippen molar-refractivity contribution in [3.8, 4) is 5.75 Å². The van der Waals surface area contributed by atoms with Crippen LogP contribution < -0.4 is 4.74 Å². The van der Waals surface area contributed by atoms with E-state index in [0.29, 0.717) is 0 Å². The maximum atomic E-state index is 12.0. The van der Waals surface area contributed by atoms with Crippen LogP contribution in [0.1, 0.15) is 22.6 Å². The van der Waals surface area contributed by atoms with Crippen molar-refractivity contribution in [1.82, 2.24) is 0 Å². The molecule has 0 saturated carbocycles. The molecule has 1 aromatic heterocycles. The average molecular weight is 325 g/mol. The fourth-order valence-electron chi connectivity index (χ4n) is 1.74. The Balaban J connectivity index is 2.25. The first-order valence-electron chi connectivity index (χ1n) is 5.85. The van der Waals surface area contributed by atoms with Crippen molar-refractivity contribution in [2.24, 2.45) is 5.92 Å². The summed E-state index contributed by atoms with van der Waals surface area (Å²) in [6, 6.07) is 7.59. The Morgan fingerprint density at radius 3 is 2.74 bits per heavy atom. The van der Waals surface area contributed by atoms with Crippen molar-refractivity contribution >= 4 is 35.9 Å². The molecule has 0 aliphatic heterocycles. The van der Waals surface area contributed by atoms with Crippen LogP contribution in [0.15, 0.2) is 24.3 Å². The first-order valence-corrected chi connectivity index (χ1v) is 7.56. The number of carboxylic acid groups (broad SMARTS) is 1. The van der Waals surface area contributed by atoms with Crippen LogP contribution in [-0.4, -0.2) is 38.5 Å². The summed E-state index contributed by atoms with van der Waals surface area (Å²) in [7, 11) is 1.61. The standard InChI is InChI=1S/C14H14O4Se/c1-8(14(16)17)5-11(15)13-6-9-3-4-10(18-2)7-12(9)19-13/h3-4,6-8H,5H2,1-2H3,(H,16,17). The number of ether oxygens (including phenoxy) is 1. The maximum absolute atomic E-state index is 12.0. The molecule has 19 heavy (non-hydrogen) atoms. The number of ketones is 1. The molecule has 100 valence electrons. The van der Waals surface area contributed by atoms with Crippen LogP contribution in [-0.2, 0) is 4.79 Å². The molecular formula is C14H14O4Se. The number of hydrogen-bond acceptors (Lipinski definition) is 3. The van der Waals surface area contributed by atoms with Crippen molar-refractivity contribution in [3.63, 3.8) is 0 Å². The fraction of sp³-hybridized carbons (Fsp3) is 0.286. The van der Waals surface area contributed by atoms with Crippen LogP contribution >= 0.6 is 0 Å². The summed E-state index contributed by atoms with van der Waals surface area (Å²) >= 11 is -0.0564. The van der Waals surface area contributed by atoms with E-state index in [1.54, 1.807) is 14.0 Å². The van der Waals surface area contributed by atoms with Gasteiger partial charge < -0.3 is 0 Å². The van der Waals surface area contributed by atoms with E-state index in [4.69, 9.17) is 9.84 Å². The summed E-state index contributed by atoms with van der Waals surface area (Å²) in [5.41, 5.74) is 0. The van der Waals surface area contributed by atoms with Crippen molar-refractivity contribution in [2.45, 2.75) is 13.3 Å². The number of aliphatic carboxylic acids is 1. The van der Waals surface area contributed by atoms with Crippen molar-refractivity contribution in [3.05, 3.63) is 28.7 Å². The molecule has 1 heterocycles. The monoisotopic (exact) mass is 326 g/mol. The number of carbonyl (C=O) groups excluding carboxylic acids is 1. The van der Waals surface area contributed by atoms with Gasteiger partial charge in [0.1, 0.15) is 0 Å². The molecule has 1 aromatic carbocycles. The van der Waals surface area contributed by atoms with Gasteiger partial charge in [-0.15, -0.1) is 0 Å². The predicted octanol–water partition coefficient (Wildman–Crippen LogP) is 2.20. The molecule has 1 atom stereocenters. The number of methoxy groups -OCH3 is 1. The van der Waals surface area contributed by atoms with Crippen LogP contribution in [0, 0.1) is 5.92 Å². The first kappa shape index (κ1) is 13.8. The summed E-state index contributed by atoms with van der Waals surface area (Å²) < 4.78 is 7.00. The van der Waals surface area contributed by atoms with Gasteiger partial charge in [0.25, 0.3) is 0 Å². The second kappa shape index (κ2) is 5.59. The number of Topliss-reactive ketones (excluding diaryl/α,β-unsaturated/α-hetero) is 1. The summed E-state index contributed by atoms with van der Waals surface area (Å²) in [5, 5.41) is 9.87. The Morgan fingerprint density at radius 1 is 1.37 bits per heavy atom. The summed E-state index contributed by atoms with van der Waals surface area (Å²) in [4.78, 5) is 22.8. The molecular weight excluding hydrogens is 311 g/mol. The fourth-order valence-corrected chi connectivity index (χ4v) is 3.92. The molecule has 5 heteroatoms. The van der Waals surface area contributed by atoms with Gasteiger partial charge in [-0.25, -0.2) is 0 Å². The number of hydrogen-bond donors (Lipinski definition) is 1. The Morgan fingerprint density at radius 2 is 2.11 bits per heavy atom. The quantitative estimate of drug-likeness (QED) is 0.676. The number of benzene rings is 1. The molecule has 0 spiro atoms. The van der Waals surface area contributed by atoms with Gasteiger partial charge in [0, 0.05) is 0 Å². The zero-order valence-electron chi connectivity index (χ0n) is 10.7. The zero-order chi connectivity index (χ0) is 14.0. The van der Waals surface area contributed by atoms with Gasteiger partial charge in [-0.3, -0.25) is 0 Å². The van der Waals surface area contributed by atoms with Gasteiger partial charge in [-0.1, -0.05) is 0 Å². The second-order valence-corrected chi connectivity index (χ2v) is 6.65. The van der Waals surface area contributed by atoms with Gasteiger partial charge in [-0.05, 0) is 0 Å². The van der Waals surface area contributed by atoms with E-state index in [1.165, 1.54) is 0 Å². The number of fused-ring (bicyclic) bond motifs is 1. The molecule has 0 aliphatic rings. The SMILES string of the molecule is COc1ccc2cc(C(=O)CC(C)C(=O)O)[se]c2c1. The van der Waals surface area contributed by atoms with Crippen LogP contribution in [0.5, 0.6) is 5.75 Å². The Kier molecular flexibility index (Phi) is 4.07. The molecule has 0 fully saturated rings. The van der Waals surface area contributed by atoms with Gasteiger partial charge >= 0.3 is 116 Å². The third-order valence-corrected chi connectivity index (χ3v) is 5.30. The number of rotatable bonds is 5. The molecule has 4 nitrogen and oxygen atoms in total. The van der Waals surface area contributed by atoms with Crippen LogP contribution in [0.3, 0.4) is 0 Å². The Bertz CT molecular complexity index is 629. The van der Waals surface area contributed by atoms with Crippen LogP contribution in [0.2, 0.25) is 0 Å². The number of carbonyl (C=O) groups is 2. The molecule has 1 unspecified atom stereocenters. The minimum atomic E-state index is -0.932. The van der Waals surface area contributed by atoms with Crippen molar-refractivity contribution in [1.29, 1.82) is 0 Å². The summed E-state index contributed by atoms with van der Waals surface area (Å²) in [6.07, 6.45) is 0.0635. The summed E-state index contributed by atoms with van der Waals surface area (Å²) in [6.45, 7) is 1.55. The molecule has 0 aliphatic carbocycles. The van der Waals surface area contributed by atoms with E-state index < -0.39 is 11.9 Å². The summed E-state index contributed by atoms with van der Waals surface area (Å²) in [5.74, 6) is -0.854. The van der Waals surface area contributed by atoms with Gasteiger partial charge in [0.05, 0.1) is 0 Å². The second-order valence-electron chi connectivity index (χ2n) is 4.38. The van der Waals surface area contributed by atoms with Crippen molar-refractivity contribution < 1.29 is 19.4 Å². The topological polar surface area (TPSA) is 63.6 Å². The van der Waals surface area contributed by atoms with E-state index in [2.05, 4.69) is 0 Å². The van der Waals surface area contributed by atoms with Crippen LogP contribution in [0.25, 0.3) is 9.65 Å². The molecule has 2 rings (SSSR count). The molecule has 0 saturated heterocycles. The Hall–Kier alpha value is -1.58.